The first-order chi connectivity index (χ1) is 6.02. The summed E-state index contributed by atoms with van der Waals surface area (Å²) in [5, 5.41) is 0. The van der Waals surface area contributed by atoms with Crippen molar-refractivity contribution in [3.05, 3.63) is 12.2 Å². The molecule has 0 saturated carbocycles. The number of carbonyl (C=O) groups is 1. The standard InChI is InChI=1S/C10H14O3/c1-9(2)6-12-10(13-7-9)4-3-8(11)5-10/h3-4H,5-7H2,1-2H3. The number of hydrogen-bond donors (Lipinski definition) is 0. The summed E-state index contributed by atoms with van der Waals surface area (Å²) in [6.07, 6.45) is 3.60. The van der Waals surface area contributed by atoms with E-state index < -0.39 is 5.79 Å². The fourth-order valence-electron chi connectivity index (χ4n) is 1.50. The molecule has 1 aliphatic heterocycles. The van der Waals surface area contributed by atoms with Crippen LogP contribution in [0.4, 0.5) is 0 Å². The molecule has 1 fully saturated rings. The van der Waals surface area contributed by atoms with Crippen molar-refractivity contribution in [2.45, 2.75) is 26.1 Å². The van der Waals surface area contributed by atoms with Gasteiger partial charge in [0, 0.05) is 5.41 Å². The predicted molar refractivity (Wildman–Crippen MR) is 47.2 cm³/mol. The zero-order valence-corrected chi connectivity index (χ0v) is 8.00. The van der Waals surface area contributed by atoms with Gasteiger partial charge in [0.2, 0.25) is 0 Å². The zero-order valence-electron chi connectivity index (χ0n) is 8.00. The maximum atomic E-state index is 11.0. The molecule has 0 amide bonds. The van der Waals surface area contributed by atoms with E-state index in [1.807, 2.05) is 0 Å². The summed E-state index contributed by atoms with van der Waals surface area (Å²) < 4.78 is 11.2. The molecule has 13 heavy (non-hydrogen) atoms. The summed E-state index contributed by atoms with van der Waals surface area (Å²) in [6, 6.07) is 0. The number of rotatable bonds is 0. The number of carbonyl (C=O) groups excluding carboxylic acids is 1. The van der Waals surface area contributed by atoms with Crippen LogP contribution in [0.1, 0.15) is 20.3 Å². The lowest BCUT2D eigenvalue weighted by molar-refractivity contribution is -0.268. The first-order valence-electron chi connectivity index (χ1n) is 4.51. The van der Waals surface area contributed by atoms with Crippen LogP contribution in [0.2, 0.25) is 0 Å². The lowest BCUT2D eigenvalue weighted by Gasteiger charge is -2.40. The number of ketones is 1. The lowest BCUT2D eigenvalue weighted by Crippen LogP contribution is -2.45. The van der Waals surface area contributed by atoms with Crippen molar-refractivity contribution in [3.63, 3.8) is 0 Å². The Kier molecular flexibility index (Phi) is 1.82. The molecule has 1 saturated heterocycles. The van der Waals surface area contributed by atoms with E-state index in [0.717, 1.165) is 0 Å². The van der Waals surface area contributed by atoms with Gasteiger partial charge in [-0.05, 0) is 12.2 Å². The molecule has 0 bridgehead atoms. The molecule has 0 atom stereocenters. The van der Waals surface area contributed by atoms with Gasteiger partial charge in [0.1, 0.15) is 0 Å². The summed E-state index contributed by atoms with van der Waals surface area (Å²) in [6.45, 7) is 5.45. The summed E-state index contributed by atoms with van der Waals surface area (Å²) >= 11 is 0. The third kappa shape index (κ3) is 1.67. The van der Waals surface area contributed by atoms with E-state index in [0.29, 0.717) is 19.6 Å². The minimum atomic E-state index is -0.730. The van der Waals surface area contributed by atoms with Crippen LogP contribution in [-0.4, -0.2) is 24.8 Å². The predicted octanol–water partition coefficient (Wildman–Crippen LogP) is 1.28. The van der Waals surface area contributed by atoms with Gasteiger partial charge in [0.15, 0.2) is 11.6 Å². The normalized spacial score (nSPS) is 29.8. The summed E-state index contributed by atoms with van der Waals surface area (Å²) in [5.41, 5.74) is 0.0602. The molecule has 1 heterocycles. The average molecular weight is 182 g/mol. The van der Waals surface area contributed by atoms with Gasteiger partial charge >= 0.3 is 0 Å². The molecule has 0 aromatic heterocycles. The Hall–Kier alpha value is -0.670. The van der Waals surface area contributed by atoms with Crippen LogP contribution in [0, 0.1) is 5.41 Å². The number of ether oxygens (including phenoxy) is 2. The minimum Gasteiger partial charge on any atom is -0.345 e. The van der Waals surface area contributed by atoms with Gasteiger partial charge in [-0.1, -0.05) is 13.8 Å². The first kappa shape index (κ1) is 8.91. The van der Waals surface area contributed by atoms with Crippen LogP contribution in [0.25, 0.3) is 0 Å². The molecular formula is C10H14O3. The molecule has 2 aliphatic rings. The molecule has 72 valence electrons. The van der Waals surface area contributed by atoms with Crippen molar-refractivity contribution < 1.29 is 14.3 Å². The van der Waals surface area contributed by atoms with E-state index >= 15 is 0 Å². The van der Waals surface area contributed by atoms with E-state index in [2.05, 4.69) is 13.8 Å². The molecule has 3 heteroatoms. The average Bonchev–Trinajstić information content (AvgIpc) is 2.41. The van der Waals surface area contributed by atoms with Crippen LogP contribution in [-0.2, 0) is 14.3 Å². The third-order valence-electron chi connectivity index (χ3n) is 2.36. The Morgan fingerprint density at radius 1 is 1.31 bits per heavy atom. The Balaban J connectivity index is 2.06. The van der Waals surface area contributed by atoms with Gasteiger partial charge in [0.25, 0.3) is 0 Å². The smallest absolute Gasteiger partial charge is 0.195 e. The highest BCUT2D eigenvalue weighted by Crippen LogP contribution is 2.35. The number of allylic oxidation sites excluding steroid dienone is 1. The largest absolute Gasteiger partial charge is 0.345 e. The molecule has 1 aliphatic carbocycles. The Morgan fingerprint density at radius 2 is 1.92 bits per heavy atom. The quantitative estimate of drug-likeness (QED) is 0.566. The second-order valence-corrected chi connectivity index (χ2v) is 4.53. The molecule has 0 N–H and O–H groups in total. The summed E-state index contributed by atoms with van der Waals surface area (Å²) in [7, 11) is 0. The van der Waals surface area contributed by atoms with E-state index in [1.165, 1.54) is 0 Å². The third-order valence-corrected chi connectivity index (χ3v) is 2.36. The van der Waals surface area contributed by atoms with Gasteiger partial charge in [-0.3, -0.25) is 4.79 Å². The highest BCUT2D eigenvalue weighted by atomic mass is 16.7. The highest BCUT2D eigenvalue weighted by Gasteiger charge is 2.42. The van der Waals surface area contributed by atoms with Gasteiger partial charge in [-0.15, -0.1) is 0 Å². The van der Waals surface area contributed by atoms with E-state index in [-0.39, 0.29) is 11.2 Å². The van der Waals surface area contributed by atoms with Crippen LogP contribution >= 0.6 is 0 Å². The second-order valence-electron chi connectivity index (χ2n) is 4.53. The SMILES string of the molecule is CC1(C)COC2(C=CC(=O)C2)OC1. The van der Waals surface area contributed by atoms with Crippen molar-refractivity contribution in [1.29, 1.82) is 0 Å². The van der Waals surface area contributed by atoms with Crippen LogP contribution in [0.3, 0.4) is 0 Å². The Morgan fingerprint density at radius 3 is 2.38 bits per heavy atom. The molecule has 3 nitrogen and oxygen atoms in total. The van der Waals surface area contributed by atoms with Crippen molar-refractivity contribution in [2.24, 2.45) is 5.41 Å². The molecule has 0 aromatic carbocycles. The van der Waals surface area contributed by atoms with Gasteiger partial charge in [0.05, 0.1) is 19.6 Å². The van der Waals surface area contributed by atoms with Crippen LogP contribution in [0.15, 0.2) is 12.2 Å². The van der Waals surface area contributed by atoms with Crippen LogP contribution in [0.5, 0.6) is 0 Å². The first-order valence-corrected chi connectivity index (χ1v) is 4.51. The minimum absolute atomic E-state index is 0.0602. The van der Waals surface area contributed by atoms with Crippen LogP contribution < -0.4 is 0 Å². The molecule has 2 rings (SSSR count). The van der Waals surface area contributed by atoms with Gasteiger partial charge in [-0.25, -0.2) is 0 Å². The van der Waals surface area contributed by atoms with Crippen molar-refractivity contribution in [2.75, 3.05) is 13.2 Å². The van der Waals surface area contributed by atoms with E-state index in [9.17, 15) is 4.79 Å². The van der Waals surface area contributed by atoms with Crippen molar-refractivity contribution in [3.8, 4) is 0 Å². The molecule has 0 unspecified atom stereocenters. The Bertz CT molecular complexity index is 255. The second kappa shape index (κ2) is 2.66. The fraction of sp³-hybridized carbons (Fsp3) is 0.700. The highest BCUT2D eigenvalue weighted by molar-refractivity contribution is 5.93. The number of hydrogen-bond acceptors (Lipinski definition) is 3. The van der Waals surface area contributed by atoms with Crippen molar-refractivity contribution in [1.82, 2.24) is 0 Å². The van der Waals surface area contributed by atoms with Gasteiger partial charge in [-0.2, -0.15) is 0 Å². The van der Waals surface area contributed by atoms with E-state index in [1.54, 1.807) is 12.2 Å². The summed E-state index contributed by atoms with van der Waals surface area (Å²) in [5.74, 6) is -0.646. The summed E-state index contributed by atoms with van der Waals surface area (Å²) in [4.78, 5) is 11.0. The van der Waals surface area contributed by atoms with Gasteiger partial charge < -0.3 is 9.47 Å². The molecule has 1 spiro atoms. The molecular weight excluding hydrogens is 168 g/mol. The monoisotopic (exact) mass is 182 g/mol. The fourth-order valence-corrected chi connectivity index (χ4v) is 1.50. The maximum Gasteiger partial charge on any atom is 0.195 e. The topological polar surface area (TPSA) is 35.5 Å². The van der Waals surface area contributed by atoms with Crippen molar-refractivity contribution >= 4 is 5.78 Å². The van der Waals surface area contributed by atoms with E-state index in [4.69, 9.17) is 9.47 Å². The molecule has 0 radical (unpaired) electrons. The lowest BCUT2D eigenvalue weighted by atomic mass is 9.94. The maximum absolute atomic E-state index is 11.0. The molecule has 0 aromatic rings. The zero-order chi connectivity index (χ0) is 9.53. The Labute approximate surface area is 77.7 Å².